The first-order valence-electron chi connectivity index (χ1n) is 8.78. The maximum absolute atomic E-state index is 12.8. The zero-order chi connectivity index (χ0) is 19.8. The van der Waals surface area contributed by atoms with Gasteiger partial charge in [-0.3, -0.25) is 9.59 Å². The van der Waals surface area contributed by atoms with Gasteiger partial charge in [0.1, 0.15) is 11.6 Å². The molecule has 1 saturated heterocycles. The number of amides is 4. The van der Waals surface area contributed by atoms with Gasteiger partial charge in [0, 0.05) is 5.69 Å². The summed E-state index contributed by atoms with van der Waals surface area (Å²) in [5.74, 6) is -1.18. The van der Waals surface area contributed by atoms with Gasteiger partial charge in [0.2, 0.25) is 5.91 Å². The van der Waals surface area contributed by atoms with E-state index in [0.717, 1.165) is 36.3 Å². The number of halogens is 3. The molecule has 0 unspecified atom stereocenters. The highest BCUT2D eigenvalue weighted by Gasteiger charge is 2.53. The summed E-state index contributed by atoms with van der Waals surface area (Å²) in [5, 5.41) is 5.06. The van der Waals surface area contributed by atoms with Crippen molar-refractivity contribution in [3.05, 3.63) is 29.8 Å². The minimum Gasteiger partial charge on any atom is -0.324 e. The molecule has 1 spiro atoms. The minimum absolute atomic E-state index is 0.0545. The Bertz CT molecular complexity index is 773. The molecular weight excluding hydrogens is 363 g/mol. The Morgan fingerprint density at radius 3 is 2.52 bits per heavy atom. The summed E-state index contributed by atoms with van der Waals surface area (Å²) < 4.78 is 38.4. The second-order valence-electron chi connectivity index (χ2n) is 6.99. The van der Waals surface area contributed by atoms with E-state index in [1.54, 1.807) is 0 Å². The van der Waals surface area contributed by atoms with E-state index < -0.39 is 41.2 Å². The Labute approximate surface area is 154 Å². The molecule has 1 aliphatic heterocycles. The molecule has 4 amide bonds. The number of imide groups is 1. The van der Waals surface area contributed by atoms with Crippen LogP contribution >= 0.6 is 0 Å². The zero-order valence-corrected chi connectivity index (χ0v) is 14.7. The van der Waals surface area contributed by atoms with Crippen molar-refractivity contribution >= 4 is 23.5 Å². The smallest absolute Gasteiger partial charge is 0.324 e. The summed E-state index contributed by atoms with van der Waals surface area (Å²) in [6, 6.07) is 2.40. The Balaban J connectivity index is 1.74. The number of benzene rings is 1. The minimum atomic E-state index is -4.54. The number of hydrogen-bond donors (Lipinski definition) is 2. The lowest BCUT2D eigenvalue weighted by atomic mass is 9.81. The van der Waals surface area contributed by atoms with E-state index in [0.29, 0.717) is 12.8 Å². The number of alkyl halides is 3. The van der Waals surface area contributed by atoms with E-state index in [-0.39, 0.29) is 5.69 Å². The number of carbonyl (C=O) groups excluding carboxylic acids is 3. The molecule has 3 rings (SSSR count). The Morgan fingerprint density at radius 1 is 1.22 bits per heavy atom. The highest BCUT2D eigenvalue weighted by atomic mass is 19.4. The van der Waals surface area contributed by atoms with Crippen LogP contribution in [-0.2, 0) is 15.8 Å². The van der Waals surface area contributed by atoms with Crippen LogP contribution in [0.4, 0.5) is 23.7 Å². The average Bonchev–Trinajstić information content (AvgIpc) is 2.84. The summed E-state index contributed by atoms with van der Waals surface area (Å²) in [6.07, 6.45) is -0.886. The van der Waals surface area contributed by atoms with E-state index in [9.17, 15) is 27.6 Å². The Morgan fingerprint density at radius 2 is 1.89 bits per heavy atom. The molecule has 146 valence electrons. The van der Waals surface area contributed by atoms with E-state index in [1.165, 1.54) is 19.1 Å². The van der Waals surface area contributed by atoms with Crippen LogP contribution in [0.1, 0.15) is 44.6 Å². The van der Waals surface area contributed by atoms with Crippen molar-refractivity contribution in [3.8, 4) is 0 Å². The van der Waals surface area contributed by atoms with E-state index in [4.69, 9.17) is 0 Å². The molecule has 1 aliphatic carbocycles. The number of urea groups is 1. The fourth-order valence-corrected chi connectivity index (χ4v) is 3.62. The predicted molar refractivity (Wildman–Crippen MR) is 90.7 cm³/mol. The number of nitrogens with one attached hydrogen (secondary N) is 2. The number of anilines is 1. The third-order valence-electron chi connectivity index (χ3n) is 5.12. The van der Waals surface area contributed by atoms with Crippen molar-refractivity contribution in [1.29, 1.82) is 0 Å². The molecule has 0 bridgehead atoms. The van der Waals surface area contributed by atoms with Crippen LogP contribution in [-0.4, -0.2) is 34.3 Å². The normalized spacial score (nSPS) is 20.5. The third kappa shape index (κ3) is 3.63. The SMILES string of the molecule is C[C@H](C(=O)Nc1cccc(C(F)(F)F)c1)N1C(=O)NC2(CCCCC2)C1=O. The van der Waals surface area contributed by atoms with Gasteiger partial charge in [0.05, 0.1) is 5.56 Å². The molecule has 1 aromatic rings. The second kappa shape index (κ2) is 6.86. The molecule has 2 aliphatic rings. The van der Waals surface area contributed by atoms with Crippen LogP contribution < -0.4 is 10.6 Å². The van der Waals surface area contributed by atoms with Gasteiger partial charge in [-0.2, -0.15) is 13.2 Å². The van der Waals surface area contributed by atoms with Gasteiger partial charge in [-0.1, -0.05) is 25.3 Å². The maximum atomic E-state index is 12.8. The molecule has 0 aromatic heterocycles. The van der Waals surface area contributed by atoms with Crippen LogP contribution in [0, 0.1) is 0 Å². The molecule has 1 atom stereocenters. The molecule has 1 saturated carbocycles. The third-order valence-corrected chi connectivity index (χ3v) is 5.12. The van der Waals surface area contributed by atoms with Crippen LogP contribution in [0.3, 0.4) is 0 Å². The molecule has 1 aromatic carbocycles. The van der Waals surface area contributed by atoms with Crippen molar-refractivity contribution in [2.75, 3.05) is 5.32 Å². The van der Waals surface area contributed by atoms with Gasteiger partial charge in [-0.15, -0.1) is 0 Å². The number of hydrogen-bond acceptors (Lipinski definition) is 3. The van der Waals surface area contributed by atoms with Crippen molar-refractivity contribution < 1.29 is 27.6 Å². The molecule has 27 heavy (non-hydrogen) atoms. The lowest BCUT2D eigenvalue weighted by Crippen LogP contribution is -2.50. The summed E-state index contributed by atoms with van der Waals surface area (Å²) in [7, 11) is 0. The Kier molecular flexibility index (Phi) is 4.88. The van der Waals surface area contributed by atoms with Crippen molar-refractivity contribution in [2.45, 2.75) is 56.8 Å². The zero-order valence-electron chi connectivity index (χ0n) is 14.7. The van der Waals surface area contributed by atoms with Gasteiger partial charge in [0.25, 0.3) is 5.91 Å². The first kappa shape index (κ1) is 19.2. The number of nitrogens with zero attached hydrogens (tertiary/aromatic N) is 1. The van der Waals surface area contributed by atoms with Crippen LogP contribution in [0.2, 0.25) is 0 Å². The number of carbonyl (C=O) groups is 3. The van der Waals surface area contributed by atoms with Crippen molar-refractivity contribution in [1.82, 2.24) is 10.2 Å². The summed E-state index contributed by atoms with van der Waals surface area (Å²) >= 11 is 0. The average molecular weight is 383 g/mol. The van der Waals surface area contributed by atoms with Crippen molar-refractivity contribution in [3.63, 3.8) is 0 Å². The highest BCUT2D eigenvalue weighted by Crippen LogP contribution is 2.35. The molecule has 2 N–H and O–H groups in total. The van der Waals surface area contributed by atoms with E-state index in [2.05, 4.69) is 10.6 Å². The first-order valence-corrected chi connectivity index (χ1v) is 8.78. The predicted octanol–water partition coefficient (Wildman–Crippen LogP) is 3.29. The van der Waals surface area contributed by atoms with Gasteiger partial charge in [0.15, 0.2) is 0 Å². The quantitative estimate of drug-likeness (QED) is 0.787. The van der Waals surface area contributed by atoms with Crippen LogP contribution in [0.25, 0.3) is 0 Å². The molecule has 0 radical (unpaired) electrons. The molecule has 2 fully saturated rings. The number of rotatable bonds is 3. The lowest BCUT2D eigenvalue weighted by molar-refractivity contribution is -0.137. The van der Waals surface area contributed by atoms with Gasteiger partial charge in [-0.25, -0.2) is 9.69 Å². The standard InChI is InChI=1S/C18H20F3N3O3/c1-11(14(25)22-13-7-5-6-12(10-13)18(19,20)21)24-15(26)17(23-16(24)27)8-3-2-4-9-17/h5-7,10-11H,2-4,8-9H2,1H3,(H,22,25)(H,23,27)/t11-/m1/s1. The van der Waals surface area contributed by atoms with Gasteiger partial charge < -0.3 is 10.6 Å². The summed E-state index contributed by atoms with van der Waals surface area (Å²) in [6.45, 7) is 1.38. The Hall–Kier alpha value is -2.58. The van der Waals surface area contributed by atoms with E-state index >= 15 is 0 Å². The fraction of sp³-hybridized carbons (Fsp3) is 0.500. The highest BCUT2D eigenvalue weighted by molar-refractivity contribution is 6.11. The first-order chi connectivity index (χ1) is 12.6. The van der Waals surface area contributed by atoms with Crippen LogP contribution in [0.15, 0.2) is 24.3 Å². The van der Waals surface area contributed by atoms with Crippen molar-refractivity contribution in [2.24, 2.45) is 0 Å². The molecule has 6 nitrogen and oxygen atoms in total. The monoisotopic (exact) mass is 383 g/mol. The van der Waals surface area contributed by atoms with Gasteiger partial charge >= 0.3 is 12.2 Å². The van der Waals surface area contributed by atoms with Crippen LogP contribution in [0.5, 0.6) is 0 Å². The largest absolute Gasteiger partial charge is 0.416 e. The topological polar surface area (TPSA) is 78.5 Å². The fourth-order valence-electron chi connectivity index (χ4n) is 3.62. The molecule has 9 heteroatoms. The molecule has 1 heterocycles. The summed E-state index contributed by atoms with van der Waals surface area (Å²) in [4.78, 5) is 38.4. The maximum Gasteiger partial charge on any atom is 0.416 e. The molecular formula is C18H20F3N3O3. The second-order valence-corrected chi connectivity index (χ2v) is 6.99. The van der Waals surface area contributed by atoms with E-state index in [1.807, 2.05) is 0 Å². The van der Waals surface area contributed by atoms with Gasteiger partial charge in [-0.05, 0) is 38.0 Å². The lowest BCUT2D eigenvalue weighted by Gasteiger charge is -2.31. The summed E-state index contributed by atoms with van der Waals surface area (Å²) in [5.41, 5.74) is -1.91.